The summed E-state index contributed by atoms with van der Waals surface area (Å²) in [7, 11) is 3.59. The van der Waals surface area contributed by atoms with Gasteiger partial charge < -0.3 is 10.1 Å². The van der Waals surface area contributed by atoms with Crippen LogP contribution in [0.5, 0.6) is 0 Å². The van der Waals surface area contributed by atoms with E-state index in [1.54, 1.807) is 18.0 Å². The van der Waals surface area contributed by atoms with Crippen LogP contribution in [-0.2, 0) is 18.3 Å². The lowest BCUT2D eigenvalue weighted by atomic mass is 10.0. The highest BCUT2D eigenvalue weighted by atomic mass is 16.5. The van der Waals surface area contributed by atoms with Crippen molar-refractivity contribution in [3.05, 3.63) is 60.8 Å². The predicted octanol–water partition coefficient (Wildman–Crippen LogP) is 4.20. The second kappa shape index (κ2) is 9.59. The average molecular weight is 470 g/mol. The largest absolute Gasteiger partial charge is 0.383 e. The molecule has 10 heteroatoms. The number of pyridine rings is 2. The van der Waals surface area contributed by atoms with Crippen molar-refractivity contribution in [2.75, 3.05) is 19.0 Å². The molecule has 0 atom stereocenters. The zero-order valence-corrected chi connectivity index (χ0v) is 20.2. The van der Waals surface area contributed by atoms with Crippen LogP contribution in [0, 0.1) is 0 Å². The summed E-state index contributed by atoms with van der Waals surface area (Å²) in [6, 6.07) is 7.85. The highest BCUT2D eigenvalue weighted by molar-refractivity contribution is 5.86. The SMILES string of the molecule is COCCn1cc(-c2nn(C)cc2-c2cnc3ccc(Nc4cc(C(C)C)cnn4)nc3c2)cn1. The van der Waals surface area contributed by atoms with Crippen molar-refractivity contribution in [3.8, 4) is 22.4 Å². The first-order valence-corrected chi connectivity index (χ1v) is 11.4. The molecule has 5 aromatic heterocycles. The van der Waals surface area contributed by atoms with Crippen molar-refractivity contribution in [2.24, 2.45) is 7.05 Å². The molecule has 0 aliphatic rings. The first-order chi connectivity index (χ1) is 17.0. The molecule has 0 aliphatic heterocycles. The molecule has 0 radical (unpaired) electrons. The quantitative estimate of drug-likeness (QED) is 0.360. The highest BCUT2D eigenvalue weighted by Crippen LogP contribution is 2.32. The van der Waals surface area contributed by atoms with Crippen molar-refractivity contribution < 1.29 is 4.74 Å². The summed E-state index contributed by atoms with van der Waals surface area (Å²) in [5.74, 6) is 1.70. The predicted molar refractivity (Wildman–Crippen MR) is 134 cm³/mol. The van der Waals surface area contributed by atoms with Gasteiger partial charge in [0.15, 0.2) is 5.82 Å². The molecule has 0 unspecified atom stereocenters. The van der Waals surface area contributed by atoms with Crippen molar-refractivity contribution in [1.82, 2.24) is 39.7 Å². The lowest BCUT2D eigenvalue weighted by Crippen LogP contribution is -2.03. The summed E-state index contributed by atoms with van der Waals surface area (Å²) < 4.78 is 8.81. The van der Waals surface area contributed by atoms with E-state index >= 15 is 0 Å². The molecule has 0 fully saturated rings. The number of fused-ring (bicyclic) bond motifs is 1. The van der Waals surface area contributed by atoms with Gasteiger partial charge in [-0.1, -0.05) is 13.8 Å². The lowest BCUT2D eigenvalue weighted by molar-refractivity contribution is 0.183. The lowest BCUT2D eigenvalue weighted by Gasteiger charge is -2.09. The summed E-state index contributed by atoms with van der Waals surface area (Å²) in [5.41, 5.74) is 6.35. The maximum Gasteiger partial charge on any atom is 0.154 e. The highest BCUT2D eigenvalue weighted by Gasteiger charge is 2.15. The normalized spacial score (nSPS) is 11.5. The number of aromatic nitrogens is 8. The van der Waals surface area contributed by atoms with Gasteiger partial charge in [-0.3, -0.25) is 14.3 Å². The van der Waals surface area contributed by atoms with E-state index < -0.39 is 0 Å². The van der Waals surface area contributed by atoms with Gasteiger partial charge in [0.2, 0.25) is 0 Å². The second-order valence-corrected chi connectivity index (χ2v) is 8.66. The number of hydrogen-bond donors (Lipinski definition) is 1. The topological polar surface area (TPSA) is 108 Å². The number of aryl methyl sites for hydroxylation is 1. The summed E-state index contributed by atoms with van der Waals surface area (Å²) >= 11 is 0. The van der Waals surface area contributed by atoms with E-state index in [4.69, 9.17) is 9.72 Å². The first kappa shape index (κ1) is 22.6. The fourth-order valence-corrected chi connectivity index (χ4v) is 3.82. The Balaban J connectivity index is 1.47. The van der Waals surface area contributed by atoms with E-state index in [9.17, 15) is 0 Å². The molecule has 0 aromatic carbocycles. The van der Waals surface area contributed by atoms with Crippen molar-refractivity contribution in [1.29, 1.82) is 0 Å². The standard InChI is InChI=1S/C25H27N9O/c1-16(2)17-10-24(31-27-12-17)30-23-6-5-21-22(29-23)9-18(11-26-21)20-15-33(3)32-25(20)19-13-28-34(14-19)7-8-35-4/h5-6,9-16H,7-8H2,1-4H3,(H,29,30,31). The van der Waals surface area contributed by atoms with E-state index in [-0.39, 0.29) is 0 Å². The number of hydrogen-bond acceptors (Lipinski definition) is 8. The van der Waals surface area contributed by atoms with Crippen molar-refractivity contribution in [2.45, 2.75) is 26.3 Å². The van der Waals surface area contributed by atoms with Gasteiger partial charge >= 0.3 is 0 Å². The van der Waals surface area contributed by atoms with Gasteiger partial charge in [0.05, 0.1) is 36.6 Å². The minimum absolute atomic E-state index is 0.364. The molecule has 35 heavy (non-hydrogen) atoms. The summed E-state index contributed by atoms with van der Waals surface area (Å²) in [5, 5.41) is 20.7. The Kier molecular flexibility index (Phi) is 6.19. The van der Waals surface area contributed by atoms with Crippen LogP contribution in [0.2, 0.25) is 0 Å². The van der Waals surface area contributed by atoms with Crippen molar-refractivity contribution >= 4 is 22.7 Å². The minimum atomic E-state index is 0.364. The molecule has 178 valence electrons. The van der Waals surface area contributed by atoms with Crippen LogP contribution in [0.25, 0.3) is 33.4 Å². The molecule has 5 aromatic rings. The monoisotopic (exact) mass is 469 g/mol. The van der Waals surface area contributed by atoms with Crippen LogP contribution in [-0.4, -0.2) is 53.4 Å². The number of nitrogens with zero attached hydrogens (tertiary/aromatic N) is 8. The summed E-state index contributed by atoms with van der Waals surface area (Å²) in [4.78, 5) is 9.42. The summed E-state index contributed by atoms with van der Waals surface area (Å²) in [6.45, 7) is 5.53. The maximum atomic E-state index is 5.15. The zero-order chi connectivity index (χ0) is 24.4. The smallest absolute Gasteiger partial charge is 0.154 e. The molecular formula is C25H27N9O. The number of rotatable bonds is 8. The van der Waals surface area contributed by atoms with Gasteiger partial charge in [-0.2, -0.15) is 15.3 Å². The molecule has 10 nitrogen and oxygen atoms in total. The Morgan fingerprint density at radius 1 is 1.00 bits per heavy atom. The molecule has 5 rings (SSSR count). The minimum Gasteiger partial charge on any atom is -0.383 e. The fraction of sp³-hybridized carbons (Fsp3) is 0.280. The average Bonchev–Trinajstić information content (AvgIpc) is 3.49. The fourth-order valence-electron chi connectivity index (χ4n) is 3.82. The van der Waals surface area contributed by atoms with Gasteiger partial charge in [0.1, 0.15) is 11.5 Å². The van der Waals surface area contributed by atoms with Crippen LogP contribution in [0.4, 0.5) is 11.6 Å². The third-order valence-electron chi connectivity index (χ3n) is 5.71. The Bertz CT molecular complexity index is 1470. The van der Waals surface area contributed by atoms with E-state index in [0.29, 0.717) is 30.7 Å². The van der Waals surface area contributed by atoms with Gasteiger partial charge in [-0.15, -0.1) is 5.10 Å². The number of nitrogens with one attached hydrogen (secondary N) is 1. The van der Waals surface area contributed by atoms with Gasteiger partial charge in [0, 0.05) is 49.4 Å². The van der Waals surface area contributed by atoms with Crippen LogP contribution < -0.4 is 5.32 Å². The molecule has 5 heterocycles. The Hall–Kier alpha value is -4.18. The number of ether oxygens (including phenoxy) is 1. The van der Waals surface area contributed by atoms with Crippen molar-refractivity contribution in [3.63, 3.8) is 0 Å². The second-order valence-electron chi connectivity index (χ2n) is 8.66. The van der Waals surface area contributed by atoms with Crippen LogP contribution in [0.1, 0.15) is 25.3 Å². The number of methoxy groups -OCH3 is 1. The molecule has 0 aliphatic carbocycles. The Morgan fingerprint density at radius 3 is 2.71 bits per heavy atom. The third kappa shape index (κ3) is 4.87. The van der Waals surface area contributed by atoms with E-state index in [2.05, 4.69) is 44.5 Å². The zero-order valence-electron chi connectivity index (χ0n) is 20.2. The molecule has 0 amide bonds. The van der Waals surface area contributed by atoms with E-state index in [1.165, 1.54) is 0 Å². The van der Waals surface area contributed by atoms with E-state index in [0.717, 1.165) is 39.0 Å². The molecule has 0 spiro atoms. The Labute approximate surface area is 203 Å². The maximum absolute atomic E-state index is 5.15. The van der Waals surface area contributed by atoms with Gasteiger partial charge in [0.25, 0.3) is 0 Å². The molecule has 0 saturated heterocycles. The molecular weight excluding hydrogens is 442 g/mol. The third-order valence-corrected chi connectivity index (χ3v) is 5.71. The summed E-state index contributed by atoms with van der Waals surface area (Å²) in [6.07, 6.45) is 9.42. The van der Waals surface area contributed by atoms with Crippen LogP contribution >= 0.6 is 0 Å². The van der Waals surface area contributed by atoms with Crippen LogP contribution in [0.3, 0.4) is 0 Å². The van der Waals surface area contributed by atoms with E-state index in [1.807, 2.05) is 60.8 Å². The molecule has 0 bridgehead atoms. The molecule has 0 saturated carbocycles. The molecule has 1 N–H and O–H groups in total. The first-order valence-electron chi connectivity index (χ1n) is 11.4. The van der Waals surface area contributed by atoms with Crippen LogP contribution in [0.15, 0.2) is 55.2 Å². The van der Waals surface area contributed by atoms with Gasteiger partial charge in [-0.05, 0) is 35.7 Å². The number of anilines is 2. The Morgan fingerprint density at radius 2 is 1.89 bits per heavy atom. The van der Waals surface area contributed by atoms with Gasteiger partial charge in [-0.25, -0.2) is 4.98 Å².